The lowest BCUT2D eigenvalue weighted by Crippen LogP contribution is -2.33. The summed E-state index contributed by atoms with van der Waals surface area (Å²) in [6, 6.07) is 37.5. The van der Waals surface area contributed by atoms with E-state index in [2.05, 4.69) is 118 Å². The Morgan fingerprint density at radius 3 is 1.03 bits per heavy atom. The second-order valence-electron chi connectivity index (χ2n) is 18.7. The summed E-state index contributed by atoms with van der Waals surface area (Å²) in [7, 11) is 0. The van der Waals surface area contributed by atoms with Crippen molar-refractivity contribution in [3.63, 3.8) is 0 Å². The lowest BCUT2D eigenvalue weighted by molar-refractivity contribution is 0.253. The fraction of sp³-hybridized carbons (Fsp3) is 0.579. The van der Waals surface area contributed by atoms with E-state index in [4.69, 9.17) is 11.5 Å². The van der Waals surface area contributed by atoms with Crippen LogP contribution in [0.2, 0.25) is 0 Å². The van der Waals surface area contributed by atoms with Crippen LogP contribution in [0.25, 0.3) is 0 Å². The number of hydrogen-bond acceptors (Lipinski definition) is 2. The lowest BCUT2D eigenvalue weighted by Gasteiger charge is -2.42. The molecule has 0 bridgehead atoms. The molecule has 1 aliphatic carbocycles. The van der Waals surface area contributed by atoms with E-state index in [0.717, 1.165) is 17.3 Å². The van der Waals surface area contributed by atoms with Crippen LogP contribution in [0.3, 0.4) is 0 Å². The molecule has 2 nitrogen and oxygen atoms in total. The number of nitrogens with two attached hydrogens (primary N) is 2. The Hall–Kier alpha value is -3.52. The van der Waals surface area contributed by atoms with Gasteiger partial charge in [0.2, 0.25) is 0 Å². The molecule has 2 atom stereocenters. The van der Waals surface area contributed by atoms with Crippen LogP contribution in [0.5, 0.6) is 0 Å². The third-order valence-electron chi connectivity index (χ3n) is 14.3. The van der Waals surface area contributed by atoms with Crippen molar-refractivity contribution in [2.24, 2.45) is 5.92 Å². The van der Waals surface area contributed by atoms with E-state index in [0.29, 0.717) is 11.8 Å². The van der Waals surface area contributed by atoms with Crippen LogP contribution in [-0.2, 0) is 5.41 Å². The topological polar surface area (TPSA) is 52.0 Å². The molecule has 5 rings (SSSR count). The monoisotopic (exact) mass is 797 g/mol. The van der Waals surface area contributed by atoms with E-state index < -0.39 is 0 Å². The molecule has 2 heteroatoms. The van der Waals surface area contributed by atoms with Gasteiger partial charge in [0.25, 0.3) is 0 Å². The summed E-state index contributed by atoms with van der Waals surface area (Å²) < 4.78 is 0. The quantitative estimate of drug-likeness (QED) is 0.0444. The Labute approximate surface area is 362 Å². The van der Waals surface area contributed by atoms with Crippen molar-refractivity contribution in [3.8, 4) is 0 Å². The van der Waals surface area contributed by atoms with Gasteiger partial charge in [0.15, 0.2) is 0 Å². The highest BCUT2D eigenvalue weighted by molar-refractivity contribution is 5.47. The summed E-state index contributed by atoms with van der Waals surface area (Å²) in [5, 5.41) is 0. The summed E-state index contributed by atoms with van der Waals surface area (Å²) in [5.41, 5.74) is 22.8. The number of hydrogen-bond donors (Lipinski definition) is 2. The first-order valence-corrected chi connectivity index (χ1v) is 24.9. The molecule has 2 unspecified atom stereocenters. The number of rotatable bonds is 28. The molecule has 0 heterocycles. The van der Waals surface area contributed by atoms with Crippen molar-refractivity contribution in [2.45, 2.75) is 205 Å². The zero-order chi connectivity index (χ0) is 41.5. The molecule has 1 aliphatic rings. The summed E-state index contributed by atoms with van der Waals surface area (Å²) in [6.07, 6.45) is 34.7. The minimum absolute atomic E-state index is 0.0585. The zero-order valence-corrected chi connectivity index (χ0v) is 38.0. The van der Waals surface area contributed by atoms with Gasteiger partial charge in [-0.3, -0.25) is 0 Å². The molecule has 4 aromatic carbocycles. The molecular formula is C57H84N2. The fourth-order valence-corrected chi connectivity index (χ4v) is 10.5. The molecule has 0 aromatic heterocycles. The Balaban J connectivity index is 1.33. The van der Waals surface area contributed by atoms with Gasteiger partial charge in [-0.05, 0) is 102 Å². The van der Waals surface area contributed by atoms with Crippen molar-refractivity contribution in [1.82, 2.24) is 0 Å². The van der Waals surface area contributed by atoms with Gasteiger partial charge in [-0.15, -0.1) is 0 Å². The molecule has 4 aromatic rings. The summed E-state index contributed by atoms with van der Waals surface area (Å²) in [5.74, 6) is 1.66. The Kier molecular flexibility index (Phi) is 20.5. The molecule has 4 N–H and O–H groups in total. The number of unbranched alkanes of at least 4 members (excludes halogenated alkanes) is 16. The maximum atomic E-state index is 6.17. The van der Waals surface area contributed by atoms with Crippen molar-refractivity contribution in [3.05, 3.63) is 130 Å². The number of anilines is 2. The highest BCUT2D eigenvalue weighted by Crippen LogP contribution is 2.48. The highest BCUT2D eigenvalue weighted by Gasteiger charge is 2.38. The minimum Gasteiger partial charge on any atom is -0.399 e. The lowest BCUT2D eigenvalue weighted by atomic mass is 9.62. The van der Waals surface area contributed by atoms with Gasteiger partial charge in [-0.2, -0.15) is 0 Å². The third-order valence-corrected chi connectivity index (χ3v) is 14.3. The predicted octanol–water partition coefficient (Wildman–Crippen LogP) is 17.2. The first kappa shape index (κ1) is 46.5. The molecule has 0 radical (unpaired) electrons. The SMILES string of the molecule is CCCCCCCCCCCC(c1ccc(N)cc1)c1ccc(C2(c3ccc(C(CCCCCCCCCCC)c4ccc(N)cc4)cc3)CCC(CCC)CC2)cc1. The molecule has 1 saturated carbocycles. The van der Waals surface area contributed by atoms with Crippen LogP contribution in [0.1, 0.15) is 233 Å². The summed E-state index contributed by atoms with van der Waals surface area (Å²) >= 11 is 0. The average molecular weight is 797 g/mol. The van der Waals surface area contributed by atoms with E-state index in [1.807, 2.05) is 0 Å². The van der Waals surface area contributed by atoms with E-state index >= 15 is 0 Å². The second kappa shape index (κ2) is 26.0. The molecule has 0 spiro atoms. The van der Waals surface area contributed by atoms with Crippen LogP contribution in [0.15, 0.2) is 97.1 Å². The largest absolute Gasteiger partial charge is 0.399 e. The third kappa shape index (κ3) is 14.6. The Morgan fingerprint density at radius 1 is 0.407 bits per heavy atom. The van der Waals surface area contributed by atoms with E-state index in [9.17, 15) is 0 Å². The maximum Gasteiger partial charge on any atom is 0.0314 e. The van der Waals surface area contributed by atoms with Gasteiger partial charge < -0.3 is 11.5 Å². The first-order chi connectivity index (χ1) is 29.0. The van der Waals surface area contributed by atoms with Crippen molar-refractivity contribution < 1.29 is 0 Å². The van der Waals surface area contributed by atoms with E-state index in [-0.39, 0.29) is 5.41 Å². The summed E-state index contributed by atoms with van der Waals surface area (Å²) in [6.45, 7) is 6.97. The normalized spacial score (nSPS) is 17.8. The number of benzene rings is 4. The highest BCUT2D eigenvalue weighted by atomic mass is 14.5. The Morgan fingerprint density at radius 2 is 0.712 bits per heavy atom. The van der Waals surface area contributed by atoms with Gasteiger partial charge in [0, 0.05) is 28.6 Å². The molecule has 1 fully saturated rings. The molecule has 59 heavy (non-hydrogen) atoms. The van der Waals surface area contributed by atoms with Crippen molar-refractivity contribution in [2.75, 3.05) is 11.5 Å². The van der Waals surface area contributed by atoms with E-state index in [1.165, 1.54) is 200 Å². The van der Waals surface area contributed by atoms with E-state index in [1.54, 1.807) is 0 Å². The minimum atomic E-state index is 0.0585. The Bertz CT molecular complexity index is 1540. The molecule has 0 saturated heterocycles. The van der Waals surface area contributed by atoms with Crippen LogP contribution >= 0.6 is 0 Å². The predicted molar refractivity (Wildman–Crippen MR) is 260 cm³/mol. The fourth-order valence-electron chi connectivity index (χ4n) is 10.5. The summed E-state index contributed by atoms with van der Waals surface area (Å²) in [4.78, 5) is 0. The first-order valence-electron chi connectivity index (χ1n) is 24.9. The number of nitrogen functional groups attached to an aromatic ring is 2. The second-order valence-corrected chi connectivity index (χ2v) is 18.7. The smallest absolute Gasteiger partial charge is 0.0314 e. The molecule has 322 valence electrons. The van der Waals surface area contributed by atoms with Crippen molar-refractivity contribution >= 4 is 11.4 Å². The average Bonchev–Trinajstić information content (AvgIpc) is 3.27. The van der Waals surface area contributed by atoms with Crippen LogP contribution in [0.4, 0.5) is 11.4 Å². The van der Waals surface area contributed by atoms with Gasteiger partial charge in [-0.1, -0.05) is 222 Å². The van der Waals surface area contributed by atoms with Gasteiger partial charge in [0.05, 0.1) is 0 Å². The van der Waals surface area contributed by atoms with Gasteiger partial charge >= 0.3 is 0 Å². The van der Waals surface area contributed by atoms with Gasteiger partial charge in [-0.25, -0.2) is 0 Å². The van der Waals surface area contributed by atoms with Crippen LogP contribution in [-0.4, -0.2) is 0 Å². The molecular weight excluding hydrogens is 713 g/mol. The standard InChI is InChI=1S/C57H84N2/c1-4-7-9-11-13-15-17-19-21-24-55(49-30-38-53(58)39-31-49)47-26-34-51(35-27-47)57(44-42-46(23-6-3)43-45-57)52-36-28-48(29-37-52)56(50-32-40-54(59)41-33-50)25-22-20-18-16-14-12-10-8-5-2/h26-41,46,55-56H,4-25,42-45,58-59H2,1-3H3. The molecule has 0 aliphatic heterocycles. The van der Waals surface area contributed by atoms with Crippen molar-refractivity contribution in [1.29, 1.82) is 0 Å². The van der Waals surface area contributed by atoms with Crippen LogP contribution < -0.4 is 11.5 Å². The maximum absolute atomic E-state index is 6.17. The molecule has 0 amide bonds. The van der Waals surface area contributed by atoms with Crippen LogP contribution in [0, 0.1) is 5.92 Å². The zero-order valence-electron chi connectivity index (χ0n) is 38.0. The van der Waals surface area contributed by atoms with Gasteiger partial charge in [0.1, 0.15) is 0 Å².